The molecule has 112 valence electrons. The number of aliphatic hydroxyl groups excluding tert-OH is 1. The van der Waals surface area contributed by atoms with Crippen LogP contribution >= 0.6 is 0 Å². The van der Waals surface area contributed by atoms with E-state index in [1.807, 2.05) is 45.0 Å². The summed E-state index contributed by atoms with van der Waals surface area (Å²) in [7, 11) is 0. The maximum Gasteiger partial charge on any atom is 0.253 e. The lowest BCUT2D eigenvalue weighted by molar-refractivity contribution is 0.0928. The normalized spacial score (nSPS) is 12.4. The van der Waals surface area contributed by atoms with Crippen molar-refractivity contribution in [1.29, 1.82) is 0 Å². The zero-order valence-corrected chi connectivity index (χ0v) is 12.8. The molecule has 0 aliphatic heterocycles. The Labute approximate surface area is 125 Å². The molecule has 1 aromatic carbocycles. The van der Waals surface area contributed by atoms with Crippen LogP contribution in [0.15, 0.2) is 24.3 Å². The van der Waals surface area contributed by atoms with Gasteiger partial charge in [0, 0.05) is 18.0 Å². The monoisotopic (exact) mass is 286 g/mol. The third-order valence-electron chi connectivity index (χ3n) is 3.71. The summed E-state index contributed by atoms with van der Waals surface area (Å²) in [5, 5.41) is 13.0. The molecule has 0 saturated carbocycles. The van der Waals surface area contributed by atoms with Crippen molar-refractivity contribution in [2.75, 3.05) is 6.61 Å². The number of amides is 1. The molecule has 2 aromatic rings. The molecule has 0 saturated heterocycles. The summed E-state index contributed by atoms with van der Waals surface area (Å²) < 4.78 is 0. The van der Waals surface area contributed by atoms with Crippen LogP contribution in [0.3, 0.4) is 0 Å². The molecule has 0 radical (unpaired) electrons. The molecule has 21 heavy (non-hydrogen) atoms. The van der Waals surface area contributed by atoms with E-state index in [0.29, 0.717) is 12.0 Å². The van der Waals surface area contributed by atoms with Gasteiger partial charge in [0.2, 0.25) is 0 Å². The summed E-state index contributed by atoms with van der Waals surface area (Å²) in [6, 6.07) is 7.91. The minimum Gasteiger partial charge on any atom is -0.396 e. The summed E-state index contributed by atoms with van der Waals surface area (Å²) in [6.07, 6.45) is 1.37. The highest BCUT2D eigenvalue weighted by Crippen LogP contribution is 2.18. The summed E-state index contributed by atoms with van der Waals surface area (Å²) in [4.78, 5) is 16.9. The molecule has 4 nitrogen and oxygen atoms in total. The lowest BCUT2D eigenvalue weighted by atomic mass is 10.1. The van der Waals surface area contributed by atoms with Crippen LogP contribution < -0.4 is 5.32 Å². The molecular weight excluding hydrogens is 264 g/mol. The lowest BCUT2D eigenvalue weighted by Gasteiger charge is -2.16. The van der Waals surface area contributed by atoms with Crippen molar-refractivity contribution in [3.05, 3.63) is 41.1 Å². The van der Waals surface area contributed by atoms with Crippen molar-refractivity contribution in [2.45, 2.75) is 39.7 Å². The standard InChI is InChI=1S/C17H22N2O2/c1-4-14(7-8-20)19-17(21)15-10-13-9-11(2)5-6-16(13)18-12(15)3/h5-6,9-10,14,20H,4,7-8H2,1-3H3,(H,19,21). The highest BCUT2D eigenvalue weighted by Gasteiger charge is 2.15. The van der Waals surface area contributed by atoms with Crippen LogP contribution in [-0.2, 0) is 0 Å². The number of aryl methyl sites for hydroxylation is 2. The first-order valence-electron chi connectivity index (χ1n) is 7.35. The van der Waals surface area contributed by atoms with Crippen molar-refractivity contribution >= 4 is 16.8 Å². The number of nitrogens with one attached hydrogen (secondary N) is 1. The summed E-state index contributed by atoms with van der Waals surface area (Å²) in [6.45, 7) is 5.94. The van der Waals surface area contributed by atoms with Gasteiger partial charge in [0.25, 0.3) is 5.91 Å². The molecule has 2 N–H and O–H groups in total. The number of nitrogens with zero attached hydrogens (tertiary/aromatic N) is 1. The average Bonchev–Trinajstić information content (AvgIpc) is 2.46. The van der Waals surface area contributed by atoms with E-state index in [4.69, 9.17) is 5.11 Å². The van der Waals surface area contributed by atoms with Crippen LogP contribution in [0.1, 0.15) is 41.4 Å². The number of carbonyl (C=O) groups is 1. The van der Waals surface area contributed by atoms with Gasteiger partial charge in [-0.25, -0.2) is 0 Å². The Morgan fingerprint density at radius 1 is 1.33 bits per heavy atom. The molecular formula is C17H22N2O2. The predicted octanol–water partition coefficient (Wildman–Crippen LogP) is 2.74. The Morgan fingerprint density at radius 2 is 2.10 bits per heavy atom. The lowest BCUT2D eigenvalue weighted by Crippen LogP contribution is -2.35. The molecule has 0 fully saturated rings. The number of aliphatic hydroxyl groups is 1. The molecule has 1 aromatic heterocycles. The fraction of sp³-hybridized carbons (Fsp3) is 0.412. The molecule has 1 atom stereocenters. The van der Waals surface area contributed by atoms with Gasteiger partial charge in [0.05, 0.1) is 16.8 Å². The van der Waals surface area contributed by atoms with E-state index in [2.05, 4.69) is 10.3 Å². The zero-order chi connectivity index (χ0) is 15.4. The molecule has 0 bridgehead atoms. The minimum atomic E-state index is -0.122. The Balaban J connectivity index is 2.32. The topological polar surface area (TPSA) is 62.2 Å². The van der Waals surface area contributed by atoms with E-state index in [-0.39, 0.29) is 18.6 Å². The summed E-state index contributed by atoms with van der Waals surface area (Å²) in [5.41, 5.74) is 3.37. The van der Waals surface area contributed by atoms with E-state index >= 15 is 0 Å². The molecule has 0 aliphatic carbocycles. The van der Waals surface area contributed by atoms with Crippen LogP contribution in [0.25, 0.3) is 10.9 Å². The maximum absolute atomic E-state index is 12.4. The third-order valence-corrected chi connectivity index (χ3v) is 3.71. The molecule has 0 aliphatic rings. The Bertz CT molecular complexity index is 653. The molecule has 1 unspecified atom stereocenters. The van der Waals surface area contributed by atoms with Crippen LogP contribution in [0, 0.1) is 13.8 Å². The Kier molecular flexibility index (Phi) is 4.91. The largest absolute Gasteiger partial charge is 0.396 e. The first-order chi connectivity index (χ1) is 10.0. The fourth-order valence-corrected chi connectivity index (χ4v) is 2.42. The van der Waals surface area contributed by atoms with Crippen molar-refractivity contribution in [3.8, 4) is 0 Å². The highest BCUT2D eigenvalue weighted by atomic mass is 16.3. The van der Waals surface area contributed by atoms with Crippen molar-refractivity contribution in [1.82, 2.24) is 10.3 Å². The number of carbonyl (C=O) groups excluding carboxylic acids is 1. The zero-order valence-electron chi connectivity index (χ0n) is 12.8. The van der Waals surface area contributed by atoms with E-state index in [1.165, 1.54) is 0 Å². The van der Waals surface area contributed by atoms with Crippen LogP contribution in [0.4, 0.5) is 0 Å². The van der Waals surface area contributed by atoms with Crippen molar-refractivity contribution < 1.29 is 9.90 Å². The second kappa shape index (κ2) is 6.68. The SMILES string of the molecule is CCC(CCO)NC(=O)c1cc2cc(C)ccc2nc1C. The first-order valence-corrected chi connectivity index (χ1v) is 7.35. The number of rotatable bonds is 5. The predicted molar refractivity (Wildman–Crippen MR) is 84.5 cm³/mol. The quantitative estimate of drug-likeness (QED) is 0.888. The fourth-order valence-electron chi connectivity index (χ4n) is 2.42. The highest BCUT2D eigenvalue weighted by molar-refractivity contribution is 5.98. The molecule has 2 rings (SSSR count). The van der Waals surface area contributed by atoms with Gasteiger partial charge in [-0.1, -0.05) is 18.6 Å². The van der Waals surface area contributed by atoms with Crippen molar-refractivity contribution in [2.24, 2.45) is 0 Å². The first kappa shape index (κ1) is 15.4. The Hall–Kier alpha value is -1.94. The minimum absolute atomic E-state index is 0.00453. The number of benzene rings is 1. The second-order valence-corrected chi connectivity index (χ2v) is 5.41. The maximum atomic E-state index is 12.4. The molecule has 0 spiro atoms. The van der Waals surface area contributed by atoms with E-state index in [1.54, 1.807) is 0 Å². The van der Waals surface area contributed by atoms with Crippen LogP contribution in [0.5, 0.6) is 0 Å². The summed E-state index contributed by atoms with van der Waals surface area (Å²) in [5.74, 6) is -0.122. The summed E-state index contributed by atoms with van der Waals surface area (Å²) >= 11 is 0. The van der Waals surface area contributed by atoms with E-state index < -0.39 is 0 Å². The van der Waals surface area contributed by atoms with Gasteiger partial charge >= 0.3 is 0 Å². The van der Waals surface area contributed by atoms with Crippen LogP contribution in [0.2, 0.25) is 0 Å². The smallest absolute Gasteiger partial charge is 0.253 e. The number of hydrogen-bond donors (Lipinski definition) is 2. The average molecular weight is 286 g/mol. The van der Waals surface area contributed by atoms with Crippen molar-refractivity contribution in [3.63, 3.8) is 0 Å². The van der Waals surface area contributed by atoms with Gasteiger partial charge in [-0.15, -0.1) is 0 Å². The van der Waals surface area contributed by atoms with Gasteiger partial charge in [-0.2, -0.15) is 0 Å². The van der Waals surface area contributed by atoms with Gasteiger partial charge in [-0.3, -0.25) is 9.78 Å². The van der Waals surface area contributed by atoms with Gasteiger partial charge in [-0.05, 0) is 44.9 Å². The molecule has 1 heterocycles. The van der Waals surface area contributed by atoms with Gasteiger partial charge in [0.15, 0.2) is 0 Å². The van der Waals surface area contributed by atoms with Crippen LogP contribution in [-0.4, -0.2) is 28.6 Å². The number of fused-ring (bicyclic) bond motifs is 1. The molecule has 4 heteroatoms. The van der Waals surface area contributed by atoms with E-state index in [9.17, 15) is 4.79 Å². The Morgan fingerprint density at radius 3 is 2.76 bits per heavy atom. The third kappa shape index (κ3) is 3.58. The van der Waals surface area contributed by atoms with Gasteiger partial charge < -0.3 is 10.4 Å². The second-order valence-electron chi connectivity index (χ2n) is 5.41. The molecule has 1 amide bonds. The van der Waals surface area contributed by atoms with E-state index in [0.717, 1.165) is 28.6 Å². The number of pyridine rings is 1. The number of aromatic nitrogens is 1. The number of hydrogen-bond acceptors (Lipinski definition) is 3. The van der Waals surface area contributed by atoms with Gasteiger partial charge in [0.1, 0.15) is 0 Å².